The molecule has 0 saturated carbocycles. The van der Waals surface area contributed by atoms with Crippen molar-refractivity contribution in [2.45, 2.75) is 33.1 Å². The molecule has 4 nitrogen and oxygen atoms in total. The van der Waals surface area contributed by atoms with Crippen LogP contribution in [0.25, 0.3) is 10.2 Å². The van der Waals surface area contributed by atoms with Crippen LogP contribution >= 0.6 is 22.9 Å². The number of hydrogen-bond donors (Lipinski definition) is 0. The van der Waals surface area contributed by atoms with Gasteiger partial charge >= 0.3 is 0 Å². The SMILES string of the molecule is Cc1cccc(N2CCN(c3nc(Cl)nc4sc5c(c34)CCC(C)C5)CC2)c1. The highest BCUT2D eigenvalue weighted by atomic mass is 35.5. The van der Waals surface area contributed by atoms with Gasteiger partial charge < -0.3 is 9.80 Å². The van der Waals surface area contributed by atoms with Gasteiger partial charge in [-0.15, -0.1) is 11.3 Å². The predicted octanol–water partition coefficient (Wildman–Crippen LogP) is 5.10. The first-order chi connectivity index (χ1) is 13.6. The molecule has 6 heteroatoms. The number of rotatable bonds is 2. The molecular formula is C22H25ClN4S. The number of anilines is 2. The average Bonchev–Trinajstić information content (AvgIpc) is 3.04. The maximum atomic E-state index is 6.32. The summed E-state index contributed by atoms with van der Waals surface area (Å²) in [6, 6.07) is 8.77. The summed E-state index contributed by atoms with van der Waals surface area (Å²) in [4.78, 5) is 16.7. The molecule has 1 saturated heterocycles. The van der Waals surface area contributed by atoms with E-state index < -0.39 is 0 Å². The highest BCUT2D eigenvalue weighted by Crippen LogP contribution is 2.41. The quantitative estimate of drug-likeness (QED) is 0.548. The summed E-state index contributed by atoms with van der Waals surface area (Å²) in [7, 11) is 0. The molecule has 1 unspecified atom stereocenters. The number of aryl methyl sites for hydroxylation is 2. The van der Waals surface area contributed by atoms with Gasteiger partial charge in [0.2, 0.25) is 5.28 Å². The van der Waals surface area contributed by atoms with Gasteiger partial charge in [0.15, 0.2) is 0 Å². The summed E-state index contributed by atoms with van der Waals surface area (Å²) in [6.07, 6.45) is 3.55. The van der Waals surface area contributed by atoms with Gasteiger partial charge in [0, 0.05) is 36.7 Å². The molecule has 1 aliphatic heterocycles. The van der Waals surface area contributed by atoms with E-state index in [9.17, 15) is 0 Å². The molecule has 146 valence electrons. The van der Waals surface area contributed by atoms with Crippen LogP contribution in [-0.2, 0) is 12.8 Å². The molecule has 0 spiro atoms. The first-order valence-electron chi connectivity index (χ1n) is 10.1. The van der Waals surface area contributed by atoms with Crippen LogP contribution in [0.2, 0.25) is 5.28 Å². The normalized spacial score (nSPS) is 19.9. The van der Waals surface area contributed by atoms with E-state index in [4.69, 9.17) is 16.6 Å². The van der Waals surface area contributed by atoms with Crippen molar-refractivity contribution in [1.82, 2.24) is 9.97 Å². The van der Waals surface area contributed by atoms with Crippen LogP contribution in [-0.4, -0.2) is 36.1 Å². The third kappa shape index (κ3) is 3.25. The van der Waals surface area contributed by atoms with E-state index in [1.807, 2.05) is 11.3 Å². The molecule has 0 amide bonds. The third-order valence-corrected chi connectivity index (χ3v) is 7.37. The minimum absolute atomic E-state index is 0.371. The fourth-order valence-corrected chi connectivity index (χ4v) is 6.12. The Morgan fingerprint density at radius 3 is 2.68 bits per heavy atom. The van der Waals surface area contributed by atoms with Gasteiger partial charge in [-0.3, -0.25) is 0 Å². The zero-order valence-electron chi connectivity index (χ0n) is 16.4. The van der Waals surface area contributed by atoms with Gasteiger partial charge in [0.25, 0.3) is 0 Å². The fourth-order valence-electron chi connectivity index (χ4n) is 4.53. The van der Waals surface area contributed by atoms with Crippen LogP contribution in [0.3, 0.4) is 0 Å². The van der Waals surface area contributed by atoms with Crippen molar-refractivity contribution >= 4 is 44.7 Å². The molecule has 1 aromatic carbocycles. The van der Waals surface area contributed by atoms with Crippen molar-refractivity contribution in [2.75, 3.05) is 36.0 Å². The lowest BCUT2D eigenvalue weighted by atomic mass is 9.89. The molecule has 2 aliphatic rings. The van der Waals surface area contributed by atoms with E-state index in [1.54, 1.807) is 0 Å². The summed E-state index contributed by atoms with van der Waals surface area (Å²) in [5, 5.41) is 1.63. The van der Waals surface area contributed by atoms with E-state index in [1.165, 1.54) is 33.5 Å². The van der Waals surface area contributed by atoms with Gasteiger partial charge in [-0.05, 0) is 67.0 Å². The lowest BCUT2D eigenvalue weighted by molar-refractivity contribution is 0.509. The highest BCUT2D eigenvalue weighted by Gasteiger charge is 2.27. The van der Waals surface area contributed by atoms with Crippen molar-refractivity contribution in [2.24, 2.45) is 5.92 Å². The van der Waals surface area contributed by atoms with E-state index >= 15 is 0 Å². The number of fused-ring (bicyclic) bond motifs is 3. The Labute approximate surface area is 175 Å². The van der Waals surface area contributed by atoms with Crippen molar-refractivity contribution in [3.63, 3.8) is 0 Å². The number of piperazine rings is 1. The number of nitrogens with zero attached hydrogens (tertiary/aromatic N) is 4. The number of thiophene rings is 1. The smallest absolute Gasteiger partial charge is 0.225 e. The highest BCUT2D eigenvalue weighted by molar-refractivity contribution is 7.19. The average molecular weight is 413 g/mol. The standard InChI is InChI=1S/C22H25ClN4S/c1-14-4-3-5-16(12-14)26-8-10-27(11-9-26)20-19-17-7-6-15(2)13-18(17)28-21(19)25-22(23)24-20/h3-5,12,15H,6-11,13H2,1-2H3. The minimum atomic E-state index is 0.371. The van der Waals surface area contributed by atoms with Crippen LogP contribution in [0, 0.1) is 12.8 Å². The second kappa shape index (κ2) is 7.20. The summed E-state index contributed by atoms with van der Waals surface area (Å²) >= 11 is 8.15. The number of benzene rings is 1. The molecule has 5 rings (SSSR count). The van der Waals surface area contributed by atoms with E-state index in [2.05, 4.69) is 52.9 Å². The monoisotopic (exact) mass is 412 g/mol. The van der Waals surface area contributed by atoms with E-state index in [0.29, 0.717) is 5.28 Å². The summed E-state index contributed by atoms with van der Waals surface area (Å²) in [5.41, 5.74) is 4.10. The molecule has 28 heavy (non-hydrogen) atoms. The molecule has 1 fully saturated rings. The second-order valence-electron chi connectivity index (χ2n) is 8.16. The van der Waals surface area contributed by atoms with E-state index in [0.717, 1.165) is 55.6 Å². The van der Waals surface area contributed by atoms with Crippen LogP contribution in [0.5, 0.6) is 0 Å². The van der Waals surface area contributed by atoms with Crippen LogP contribution in [0.15, 0.2) is 24.3 Å². The first kappa shape index (κ1) is 18.2. The lowest BCUT2D eigenvalue weighted by Gasteiger charge is -2.37. The summed E-state index contributed by atoms with van der Waals surface area (Å²) in [5.74, 6) is 1.80. The molecule has 2 aromatic heterocycles. The Balaban J connectivity index is 1.45. The topological polar surface area (TPSA) is 32.3 Å². The van der Waals surface area contributed by atoms with Gasteiger partial charge in [0.1, 0.15) is 10.6 Å². The van der Waals surface area contributed by atoms with Crippen molar-refractivity contribution in [3.05, 3.63) is 45.6 Å². The van der Waals surface area contributed by atoms with Gasteiger partial charge in [-0.1, -0.05) is 19.1 Å². The third-order valence-electron chi connectivity index (χ3n) is 6.05. The van der Waals surface area contributed by atoms with Crippen LogP contribution in [0.1, 0.15) is 29.3 Å². The molecule has 1 atom stereocenters. The first-order valence-corrected chi connectivity index (χ1v) is 11.3. The Morgan fingerprint density at radius 1 is 1.11 bits per heavy atom. The minimum Gasteiger partial charge on any atom is -0.368 e. The fraction of sp³-hybridized carbons (Fsp3) is 0.455. The zero-order chi connectivity index (χ0) is 19.3. The second-order valence-corrected chi connectivity index (χ2v) is 9.58. The van der Waals surface area contributed by atoms with Crippen LogP contribution in [0.4, 0.5) is 11.5 Å². The maximum Gasteiger partial charge on any atom is 0.225 e. The molecule has 0 bridgehead atoms. The summed E-state index contributed by atoms with van der Waals surface area (Å²) < 4.78 is 0. The Kier molecular flexibility index (Phi) is 4.68. The molecule has 0 radical (unpaired) electrons. The largest absolute Gasteiger partial charge is 0.368 e. The molecule has 3 heterocycles. The number of aromatic nitrogens is 2. The Morgan fingerprint density at radius 2 is 1.89 bits per heavy atom. The van der Waals surface area contributed by atoms with Crippen molar-refractivity contribution in [3.8, 4) is 0 Å². The Bertz CT molecular complexity index is 1020. The van der Waals surface area contributed by atoms with Crippen molar-refractivity contribution in [1.29, 1.82) is 0 Å². The van der Waals surface area contributed by atoms with Gasteiger partial charge in [-0.2, -0.15) is 4.98 Å². The lowest BCUT2D eigenvalue weighted by Crippen LogP contribution is -2.47. The predicted molar refractivity (Wildman–Crippen MR) is 119 cm³/mol. The maximum absolute atomic E-state index is 6.32. The summed E-state index contributed by atoms with van der Waals surface area (Å²) in [6.45, 7) is 8.40. The van der Waals surface area contributed by atoms with Crippen LogP contribution < -0.4 is 9.80 Å². The zero-order valence-corrected chi connectivity index (χ0v) is 18.0. The molecule has 1 aliphatic carbocycles. The Hall–Kier alpha value is -1.85. The van der Waals surface area contributed by atoms with Gasteiger partial charge in [0.05, 0.1) is 5.39 Å². The van der Waals surface area contributed by atoms with Crippen molar-refractivity contribution < 1.29 is 0 Å². The molecule has 0 N–H and O–H groups in total. The molecule has 3 aromatic rings. The number of hydrogen-bond acceptors (Lipinski definition) is 5. The number of halogens is 1. The van der Waals surface area contributed by atoms with Gasteiger partial charge in [-0.25, -0.2) is 4.98 Å². The van der Waals surface area contributed by atoms with E-state index in [-0.39, 0.29) is 0 Å². The molecular weight excluding hydrogens is 388 g/mol.